The van der Waals surface area contributed by atoms with E-state index >= 15 is 0 Å². The van der Waals surface area contributed by atoms with Crippen LogP contribution in [0.15, 0.2) is 35.5 Å². The number of rotatable bonds is 4. The van der Waals surface area contributed by atoms with Crippen LogP contribution in [0.1, 0.15) is 16.7 Å². The minimum absolute atomic E-state index is 0.106. The predicted octanol–water partition coefficient (Wildman–Crippen LogP) is 2.04. The molecule has 4 nitrogen and oxygen atoms in total. The number of benzene rings is 1. The highest BCUT2D eigenvalue weighted by molar-refractivity contribution is 7.91. The molecule has 0 saturated heterocycles. The standard InChI is InChI=1S/C13H16N2O2S/c1-10-3-4-13(7-11(10)2)18(16,17)6-5-12-8-14-15-9-12/h3-4,7-9H,5-6H2,1-2H3,(H,14,15). The number of aromatic nitrogens is 2. The molecule has 1 aromatic heterocycles. The van der Waals surface area contributed by atoms with Gasteiger partial charge in [-0.15, -0.1) is 0 Å². The van der Waals surface area contributed by atoms with Crippen molar-refractivity contribution in [3.63, 3.8) is 0 Å². The maximum Gasteiger partial charge on any atom is 0.178 e. The number of nitrogens with one attached hydrogen (secondary N) is 1. The van der Waals surface area contributed by atoms with Gasteiger partial charge in [0.25, 0.3) is 0 Å². The highest BCUT2D eigenvalue weighted by atomic mass is 32.2. The first-order chi connectivity index (χ1) is 8.49. The van der Waals surface area contributed by atoms with Crippen LogP contribution >= 0.6 is 0 Å². The summed E-state index contributed by atoms with van der Waals surface area (Å²) in [4.78, 5) is 0.397. The summed E-state index contributed by atoms with van der Waals surface area (Å²) in [6.45, 7) is 3.89. The van der Waals surface area contributed by atoms with E-state index in [9.17, 15) is 8.42 Å². The van der Waals surface area contributed by atoms with Crippen LogP contribution in [0.2, 0.25) is 0 Å². The average molecular weight is 264 g/mol. The van der Waals surface area contributed by atoms with Gasteiger partial charge in [0.15, 0.2) is 9.84 Å². The summed E-state index contributed by atoms with van der Waals surface area (Å²) in [7, 11) is -3.22. The third-order valence-electron chi connectivity index (χ3n) is 3.05. The maximum atomic E-state index is 12.2. The summed E-state index contributed by atoms with van der Waals surface area (Å²) in [5.74, 6) is 0.106. The van der Waals surface area contributed by atoms with Crippen molar-refractivity contribution in [1.82, 2.24) is 10.2 Å². The molecule has 0 unspecified atom stereocenters. The molecule has 18 heavy (non-hydrogen) atoms. The first kappa shape index (κ1) is 12.8. The zero-order valence-electron chi connectivity index (χ0n) is 10.5. The Kier molecular flexibility index (Phi) is 3.52. The highest BCUT2D eigenvalue weighted by Crippen LogP contribution is 2.17. The van der Waals surface area contributed by atoms with Crippen molar-refractivity contribution in [3.05, 3.63) is 47.3 Å². The van der Waals surface area contributed by atoms with Crippen molar-refractivity contribution in [2.75, 3.05) is 5.75 Å². The molecule has 0 aliphatic carbocycles. The second-order valence-corrected chi connectivity index (χ2v) is 6.53. The van der Waals surface area contributed by atoms with Gasteiger partial charge in [-0.25, -0.2) is 8.42 Å². The zero-order valence-corrected chi connectivity index (χ0v) is 11.3. The molecular formula is C13H16N2O2S. The fourth-order valence-electron chi connectivity index (χ4n) is 1.69. The Morgan fingerprint density at radius 3 is 2.61 bits per heavy atom. The molecule has 5 heteroatoms. The number of hydrogen-bond donors (Lipinski definition) is 1. The predicted molar refractivity (Wildman–Crippen MR) is 70.3 cm³/mol. The normalized spacial score (nSPS) is 11.7. The van der Waals surface area contributed by atoms with E-state index in [1.54, 1.807) is 24.5 Å². The lowest BCUT2D eigenvalue weighted by molar-refractivity contribution is 0.595. The number of sulfone groups is 1. The number of hydrogen-bond acceptors (Lipinski definition) is 3. The second-order valence-electron chi connectivity index (χ2n) is 4.42. The van der Waals surface area contributed by atoms with Crippen LogP contribution in [0.3, 0.4) is 0 Å². The SMILES string of the molecule is Cc1ccc(S(=O)(=O)CCc2cn[nH]c2)cc1C. The Morgan fingerprint density at radius 1 is 1.22 bits per heavy atom. The topological polar surface area (TPSA) is 62.8 Å². The van der Waals surface area contributed by atoms with Crippen LogP contribution in [-0.4, -0.2) is 24.4 Å². The van der Waals surface area contributed by atoms with Crippen molar-refractivity contribution in [2.45, 2.75) is 25.2 Å². The van der Waals surface area contributed by atoms with Crippen LogP contribution in [-0.2, 0) is 16.3 Å². The van der Waals surface area contributed by atoms with E-state index in [2.05, 4.69) is 10.2 Å². The Balaban J connectivity index is 2.17. The van der Waals surface area contributed by atoms with Crippen molar-refractivity contribution in [1.29, 1.82) is 0 Å². The van der Waals surface area contributed by atoms with Gasteiger partial charge in [0, 0.05) is 6.20 Å². The van der Waals surface area contributed by atoms with E-state index < -0.39 is 9.84 Å². The average Bonchev–Trinajstić information content (AvgIpc) is 2.83. The summed E-state index contributed by atoms with van der Waals surface area (Å²) >= 11 is 0. The second kappa shape index (κ2) is 4.94. The van der Waals surface area contributed by atoms with Gasteiger partial charge in [-0.2, -0.15) is 5.10 Å². The molecule has 2 rings (SSSR count). The van der Waals surface area contributed by atoms with Crippen LogP contribution in [0.25, 0.3) is 0 Å². The first-order valence-corrected chi connectivity index (χ1v) is 7.42. The lowest BCUT2D eigenvalue weighted by Gasteiger charge is -2.06. The van der Waals surface area contributed by atoms with Gasteiger partial charge in [-0.1, -0.05) is 6.07 Å². The van der Waals surface area contributed by atoms with Crippen molar-refractivity contribution in [3.8, 4) is 0 Å². The summed E-state index contributed by atoms with van der Waals surface area (Å²) in [6.07, 6.45) is 3.84. The number of nitrogens with zero attached hydrogens (tertiary/aromatic N) is 1. The molecule has 1 aromatic carbocycles. The number of aryl methyl sites for hydroxylation is 3. The number of aromatic amines is 1. The van der Waals surface area contributed by atoms with Gasteiger partial charge in [0.2, 0.25) is 0 Å². The molecule has 0 fully saturated rings. The fraction of sp³-hybridized carbons (Fsp3) is 0.308. The lowest BCUT2D eigenvalue weighted by Crippen LogP contribution is -2.09. The molecule has 0 radical (unpaired) electrons. The largest absolute Gasteiger partial charge is 0.285 e. The third kappa shape index (κ3) is 2.79. The Bertz CT molecular complexity index is 631. The van der Waals surface area contributed by atoms with Crippen LogP contribution in [0, 0.1) is 13.8 Å². The van der Waals surface area contributed by atoms with Gasteiger partial charge in [-0.05, 0) is 49.1 Å². The van der Waals surface area contributed by atoms with Crippen LogP contribution < -0.4 is 0 Å². The van der Waals surface area contributed by atoms with Gasteiger partial charge in [0.1, 0.15) is 0 Å². The first-order valence-electron chi connectivity index (χ1n) is 5.77. The smallest absolute Gasteiger partial charge is 0.178 e. The number of H-pyrrole nitrogens is 1. The quantitative estimate of drug-likeness (QED) is 0.919. The summed E-state index contributed by atoms with van der Waals surface area (Å²) < 4.78 is 24.3. The van der Waals surface area contributed by atoms with Crippen LogP contribution in [0.5, 0.6) is 0 Å². The van der Waals surface area contributed by atoms with Gasteiger partial charge in [0.05, 0.1) is 16.8 Å². The molecule has 0 saturated carbocycles. The monoisotopic (exact) mass is 264 g/mol. The molecule has 0 spiro atoms. The fourth-order valence-corrected chi connectivity index (χ4v) is 3.06. The molecule has 0 aliphatic heterocycles. The van der Waals surface area contributed by atoms with Gasteiger partial charge in [-0.3, -0.25) is 5.10 Å². The summed E-state index contributed by atoms with van der Waals surface area (Å²) in [6, 6.07) is 5.26. The molecule has 1 N–H and O–H groups in total. The molecule has 0 aliphatic rings. The van der Waals surface area contributed by atoms with E-state index in [0.717, 1.165) is 16.7 Å². The molecule has 0 amide bonds. The van der Waals surface area contributed by atoms with E-state index in [0.29, 0.717) is 11.3 Å². The summed E-state index contributed by atoms with van der Waals surface area (Å²) in [5.41, 5.74) is 3.01. The zero-order chi connectivity index (χ0) is 13.2. The molecule has 0 atom stereocenters. The lowest BCUT2D eigenvalue weighted by atomic mass is 10.1. The van der Waals surface area contributed by atoms with Crippen molar-refractivity contribution < 1.29 is 8.42 Å². The minimum Gasteiger partial charge on any atom is -0.285 e. The third-order valence-corrected chi connectivity index (χ3v) is 4.77. The minimum atomic E-state index is -3.22. The van der Waals surface area contributed by atoms with E-state index in [1.807, 2.05) is 19.9 Å². The van der Waals surface area contributed by atoms with Crippen molar-refractivity contribution in [2.24, 2.45) is 0 Å². The molecule has 96 valence electrons. The highest BCUT2D eigenvalue weighted by Gasteiger charge is 2.15. The van der Waals surface area contributed by atoms with Crippen molar-refractivity contribution >= 4 is 9.84 Å². The van der Waals surface area contributed by atoms with E-state index in [-0.39, 0.29) is 5.75 Å². The Hall–Kier alpha value is -1.62. The molecule has 0 bridgehead atoms. The van der Waals surface area contributed by atoms with Crippen LogP contribution in [0.4, 0.5) is 0 Å². The van der Waals surface area contributed by atoms with E-state index in [1.165, 1.54) is 0 Å². The Labute approximate surface area is 107 Å². The molecule has 2 aromatic rings. The Morgan fingerprint density at radius 2 is 2.00 bits per heavy atom. The molecule has 1 heterocycles. The van der Waals surface area contributed by atoms with E-state index in [4.69, 9.17) is 0 Å². The van der Waals surface area contributed by atoms with Gasteiger partial charge >= 0.3 is 0 Å². The summed E-state index contributed by atoms with van der Waals surface area (Å²) in [5, 5.41) is 6.48. The maximum absolute atomic E-state index is 12.2. The molecular weight excluding hydrogens is 248 g/mol. The van der Waals surface area contributed by atoms with Gasteiger partial charge < -0.3 is 0 Å².